The zero-order chi connectivity index (χ0) is 10.8. The number of carbonyl (C=O) groups is 1. The SMILES string of the molecule is COC(=O)c1c[n+](C)cc2ccccc12. The van der Waals surface area contributed by atoms with Crippen LogP contribution in [0.15, 0.2) is 36.7 Å². The molecule has 0 spiro atoms. The van der Waals surface area contributed by atoms with Crippen molar-refractivity contribution >= 4 is 16.7 Å². The number of rotatable bonds is 1. The molecule has 0 radical (unpaired) electrons. The molecule has 3 heteroatoms. The third-order valence-corrected chi connectivity index (χ3v) is 2.33. The van der Waals surface area contributed by atoms with Gasteiger partial charge >= 0.3 is 5.97 Å². The maximum atomic E-state index is 11.5. The average molecular weight is 202 g/mol. The van der Waals surface area contributed by atoms with Crippen LogP contribution in [0.2, 0.25) is 0 Å². The number of carbonyl (C=O) groups excluding carboxylic acids is 1. The second kappa shape index (κ2) is 3.69. The molecule has 0 aliphatic carbocycles. The van der Waals surface area contributed by atoms with Gasteiger partial charge in [-0.25, -0.2) is 9.36 Å². The predicted molar refractivity (Wildman–Crippen MR) is 56.5 cm³/mol. The number of hydrogen-bond acceptors (Lipinski definition) is 2. The molecule has 2 rings (SSSR count). The van der Waals surface area contributed by atoms with E-state index in [9.17, 15) is 4.79 Å². The van der Waals surface area contributed by atoms with Gasteiger partial charge in [0.1, 0.15) is 12.6 Å². The van der Waals surface area contributed by atoms with Crippen LogP contribution < -0.4 is 4.57 Å². The first-order chi connectivity index (χ1) is 7.22. The summed E-state index contributed by atoms with van der Waals surface area (Å²) in [6.07, 6.45) is 3.75. The van der Waals surface area contributed by atoms with Gasteiger partial charge in [-0.3, -0.25) is 0 Å². The standard InChI is InChI=1S/C12H12NO2/c1-13-7-9-5-3-4-6-10(9)11(8-13)12(14)15-2/h3-8H,1-2H3/q+1. The minimum Gasteiger partial charge on any atom is -0.465 e. The Bertz CT molecular complexity index is 520. The van der Waals surface area contributed by atoms with Gasteiger partial charge in [0.2, 0.25) is 0 Å². The molecule has 0 saturated heterocycles. The van der Waals surface area contributed by atoms with E-state index in [1.165, 1.54) is 7.11 Å². The summed E-state index contributed by atoms with van der Waals surface area (Å²) >= 11 is 0. The van der Waals surface area contributed by atoms with Gasteiger partial charge in [0.25, 0.3) is 0 Å². The highest BCUT2D eigenvalue weighted by Gasteiger charge is 2.14. The molecule has 0 saturated carbocycles. The number of esters is 1. The van der Waals surface area contributed by atoms with Gasteiger partial charge in [0, 0.05) is 10.8 Å². The van der Waals surface area contributed by atoms with Crippen molar-refractivity contribution in [1.82, 2.24) is 0 Å². The lowest BCUT2D eigenvalue weighted by atomic mass is 10.1. The summed E-state index contributed by atoms with van der Waals surface area (Å²) in [4.78, 5) is 11.5. The van der Waals surface area contributed by atoms with Crippen molar-refractivity contribution in [3.05, 3.63) is 42.2 Å². The van der Waals surface area contributed by atoms with Crippen LogP contribution in [0, 0.1) is 0 Å². The Morgan fingerprint density at radius 3 is 2.73 bits per heavy atom. The molecular weight excluding hydrogens is 190 g/mol. The van der Waals surface area contributed by atoms with Gasteiger partial charge in [-0.1, -0.05) is 18.2 Å². The molecule has 0 aliphatic rings. The van der Waals surface area contributed by atoms with Crippen molar-refractivity contribution in [2.45, 2.75) is 0 Å². The Balaban J connectivity index is 2.76. The summed E-state index contributed by atoms with van der Waals surface area (Å²) in [5, 5.41) is 1.95. The Hall–Kier alpha value is -1.90. The molecule has 0 atom stereocenters. The van der Waals surface area contributed by atoms with Crippen molar-refractivity contribution in [2.75, 3.05) is 7.11 Å². The quantitative estimate of drug-likeness (QED) is 0.517. The summed E-state index contributed by atoms with van der Waals surface area (Å²) < 4.78 is 6.60. The third kappa shape index (κ3) is 1.68. The van der Waals surface area contributed by atoms with Crippen molar-refractivity contribution in [1.29, 1.82) is 0 Å². The lowest BCUT2D eigenvalue weighted by Gasteiger charge is -2.02. The van der Waals surface area contributed by atoms with E-state index in [1.54, 1.807) is 6.20 Å². The zero-order valence-corrected chi connectivity index (χ0v) is 8.73. The summed E-state index contributed by atoms with van der Waals surface area (Å²) in [6.45, 7) is 0. The minimum atomic E-state index is -0.303. The van der Waals surface area contributed by atoms with Crippen LogP contribution in [0.25, 0.3) is 10.8 Å². The van der Waals surface area contributed by atoms with Gasteiger partial charge < -0.3 is 4.74 Å². The zero-order valence-electron chi connectivity index (χ0n) is 8.73. The molecule has 0 N–H and O–H groups in total. The van der Waals surface area contributed by atoms with E-state index >= 15 is 0 Å². The molecule has 15 heavy (non-hydrogen) atoms. The number of benzene rings is 1. The lowest BCUT2D eigenvalue weighted by Crippen LogP contribution is -2.28. The molecule has 0 bridgehead atoms. The van der Waals surface area contributed by atoms with Crippen LogP contribution in [0.5, 0.6) is 0 Å². The Labute approximate surface area is 87.9 Å². The van der Waals surface area contributed by atoms with Gasteiger partial charge in [-0.05, 0) is 6.07 Å². The smallest absolute Gasteiger partial charge is 0.344 e. The maximum Gasteiger partial charge on any atom is 0.344 e. The van der Waals surface area contributed by atoms with Crippen molar-refractivity contribution < 1.29 is 14.1 Å². The number of ether oxygens (including phenoxy) is 1. The van der Waals surface area contributed by atoms with Gasteiger partial charge in [0.15, 0.2) is 12.4 Å². The van der Waals surface area contributed by atoms with Gasteiger partial charge in [-0.15, -0.1) is 0 Å². The molecule has 1 aromatic heterocycles. The number of nitrogens with zero attached hydrogens (tertiary/aromatic N) is 1. The number of aryl methyl sites for hydroxylation is 1. The van der Waals surface area contributed by atoms with Crippen LogP contribution in [0.1, 0.15) is 10.4 Å². The normalized spacial score (nSPS) is 10.3. The molecule has 3 nitrogen and oxygen atoms in total. The summed E-state index contributed by atoms with van der Waals surface area (Å²) in [5.74, 6) is -0.303. The second-order valence-electron chi connectivity index (χ2n) is 3.42. The van der Waals surface area contributed by atoms with Crippen LogP contribution in [0.3, 0.4) is 0 Å². The topological polar surface area (TPSA) is 30.2 Å². The number of methoxy groups -OCH3 is 1. The van der Waals surface area contributed by atoms with E-state index in [0.717, 1.165) is 10.8 Å². The highest BCUT2D eigenvalue weighted by atomic mass is 16.5. The molecule has 1 aromatic carbocycles. The molecular formula is C12H12NO2+. The fourth-order valence-electron chi connectivity index (χ4n) is 1.66. The maximum absolute atomic E-state index is 11.5. The van der Waals surface area contributed by atoms with E-state index in [1.807, 2.05) is 42.1 Å². The van der Waals surface area contributed by atoms with Crippen molar-refractivity contribution in [3.63, 3.8) is 0 Å². The summed E-state index contributed by atoms with van der Waals surface area (Å²) in [5.41, 5.74) is 0.595. The number of fused-ring (bicyclic) bond motifs is 1. The molecule has 2 aromatic rings. The van der Waals surface area contributed by atoms with Crippen molar-refractivity contribution in [3.8, 4) is 0 Å². The van der Waals surface area contributed by atoms with E-state index in [0.29, 0.717) is 5.56 Å². The second-order valence-corrected chi connectivity index (χ2v) is 3.42. The number of pyridine rings is 1. The van der Waals surface area contributed by atoms with E-state index in [-0.39, 0.29) is 5.97 Å². The van der Waals surface area contributed by atoms with E-state index in [4.69, 9.17) is 4.74 Å². The first-order valence-corrected chi connectivity index (χ1v) is 4.68. The van der Waals surface area contributed by atoms with Gasteiger partial charge in [-0.2, -0.15) is 0 Å². The van der Waals surface area contributed by atoms with Gasteiger partial charge in [0.05, 0.1) is 7.11 Å². The third-order valence-electron chi connectivity index (χ3n) is 2.33. The number of aromatic nitrogens is 1. The predicted octanol–water partition coefficient (Wildman–Crippen LogP) is 1.45. The lowest BCUT2D eigenvalue weighted by molar-refractivity contribution is -0.670. The molecule has 1 heterocycles. The largest absolute Gasteiger partial charge is 0.465 e. The molecule has 76 valence electrons. The van der Waals surface area contributed by atoms with Crippen LogP contribution in [-0.2, 0) is 11.8 Å². The Kier molecular flexibility index (Phi) is 2.37. The monoisotopic (exact) mass is 202 g/mol. The molecule has 0 unspecified atom stereocenters. The highest BCUT2D eigenvalue weighted by molar-refractivity contribution is 6.03. The number of hydrogen-bond donors (Lipinski definition) is 0. The highest BCUT2D eigenvalue weighted by Crippen LogP contribution is 2.16. The van der Waals surface area contributed by atoms with Crippen LogP contribution >= 0.6 is 0 Å². The average Bonchev–Trinajstić information content (AvgIpc) is 2.26. The van der Waals surface area contributed by atoms with Crippen LogP contribution in [-0.4, -0.2) is 13.1 Å². The first kappa shape index (κ1) is 9.65. The molecule has 0 amide bonds. The summed E-state index contributed by atoms with van der Waals surface area (Å²) in [7, 11) is 3.28. The van der Waals surface area contributed by atoms with Crippen molar-refractivity contribution in [2.24, 2.45) is 7.05 Å². The fraction of sp³-hybridized carbons (Fsp3) is 0.167. The van der Waals surface area contributed by atoms with E-state index in [2.05, 4.69) is 0 Å². The Morgan fingerprint density at radius 2 is 2.00 bits per heavy atom. The molecule has 0 aliphatic heterocycles. The van der Waals surface area contributed by atoms with E-state index < -0.39 is 0 Å². The summed E-state index contributed by atoms with van der Waals surface area (Å²) in [6, 6.07) is 7.75. The minimum absolute atomic E-state index is 0.303. The van der Waals surface area contributed by atoms with Crippen LogP contribution in [0.4, 0.5) is 0 Å². The fourth-order valence-corrected chi connectivity index (χ4v) is 1.66. The molecule has 0 fully saturated rings. The Morgan fingerprint density at radius 1 is 1.27 bits per heavy atom. The first-order valence-electron chi connectivity index (χ1n) is 4.68.